The van der Waals surface area contributed by atoms with Crippen LogP contribution >= 0.6 is 0 Å². The Morgan fingerprint density at radius 3 is 1.96 bits per heavy atom. The summed E-state index contributed by atoms with van der Waals surface area (Å²) in [5, 5.41) is 7.14. The summed E-state index contributed by atoms with van der Waals surface area (Å²) in [5.41, 5.74) is 14.3. The van der Waals surface area contributed by atoms with E-state index in [0.29, 0.717) is 11.5 Å². The van der Waals surface area contributed by atoms with Crippen molar-refractivity contribution in [3.05, 3.63) is 180 Å². The second-order valence-electron chi connectivity index (χ2n) is 13.7. The third kappa shape index (κ3) is 6.35. The van der Waals surface area contributed by atoms with E-state index in [1.807, 2.05) is 35.3 Å². The summed E-state index contributed by atoms with van der Waals surface area (Å²) in [6.45, 7) is 8.54. The number of ether oxygens (including phenoxy) is 1. The molecule has 5 nitrogen and oxygen atoms in total. The normalized spacial score (nSPS) is 11.2. The van der Waals surface area contributed by atoms with Crippen molar-refractivity contribution in [2.24, 2.45) is 0 Å². The van der Waals surface area contributed by atoms with Gasteiger partial charge in [-0.25, -0.2) is 4.98 Å². The Hall–Kier alpha value is -6.03. The van der Waals surface area contributed by atoms with E-state index < -0.39 is 0 Å². The molecule has 6 heteroatoms. The Morgan fingerprint density at radius 2 is 1.26 bits per heavy atom. The van der Waals surface area contributed by atoms with Gasteiger partial charge in [0.2, 0.25) is 0 Å². The molecule has 0 aliphatic rings. The summed E-state index contributed by atoms with van der Waals surface area (Å²) in [5.74, 6) is 2.03. The minimum atomic E-state index is 0. The van der Waals surface area contributed by atoms with E-state index in [1.54, 1.807) is 0 Å². The van der Waals surface area contributed by atoms with Crippen LogP contribution in [0.15, 0.2) is 146 Å². The van der Waals surface area contributed by atoms with Gasteiger partial charge in [0.05, 0.1) is 6.20 Å². The molecule has 0 unspecified atom stereocenters. The molecule has 0 saturated carbocycles. The van der Waals surface area contributed by atoms with Crippen LogP contribution in [-0.4, -0.2) is 19.3 Å². The van der Waals surface area contributed by atoms with Crippen molar-refractivity contribution in [1.82, 2.24) is 19.3 Å². The van der Waals surface area contributed by atoms with Crippen molar-refractivity contribution in [2.45, 2.75) is 27.7 Å². The number of aryl methyl sites for hydroxylation is 4. The predicted molar refractivity (Wildman–Crippen MR) is 215 cm³/mol. The van der Waals surface area contributed by atoms with E-state index in [9.17, 15) is 0 Å². The Morgan fingerprint density at radius 1 is 0.574 bits per heavy atom. The average Bonchev–Trinajstić information content (AvgIpc) is 3.78. The number of rotatable bonds is 7. The van der Waals surface area contributed by atoms with E-state index in [1.165, 1.54) is 33.4 Å². The third-order valence-corrected chi connectivity index (χ3v) is 9.85. The summed E-state index contributed by atoms with van der Waals surface area (Å²) >= 11 is 0. The molecular weight excluding hydrogens is 844 g/mol. The van der Waals surface area contributed by atoms with Crippen LogP contribution in [0.4, 0.5) is 0 Å². The molecule has 0 aliphatic heterocycles. The van der Waals surface area contributed by atoms with E-state index in [0.717, 1.165) is 55.6 Å². The molecule has 264 valence electrons. The number of hydrogen-bond acceptors (Lipinski definition) is 3. The Bertz CT molecular complexity index is 2740. The Kier molecular flexibility index (Phi) is 9.35. The Labute approximate surface area is 329 Å². The summed E-state index contributed by atoms with van der Waals surface area (Å²) in [7, 11) is 0. The van der Waals surface area contributed by atoms with Crippen molar-refractivity contribution in [2.75, 3.05) is 0 Å². The number of para-hydroxylation sites is 1. The number of aromatic nitrogens is 4. The molecule has 54 heavy (non-hydrogen) atoms. The van der Waals surface area contributed by atoms with Crippen LogP contribution in [0, 0.1) is 39.8 Å². The quantitative estimate of drug-likeness (QED) is 0.150. The second-order valence-corrected chi connectivity index (χ2v) is 13.7. The molecule has 0 saturated heterocycles. The molecule has 9 aromatic rings. The van der Waals surface area contributed by atoms with E-state index in [-0.39, 0.29) is 21.1 Å². The first-order chi connectivity index (χ1) is 25.9. The van der Waals surface area contributed by atoms with Gasteiger partial charge in [-0.05, 0) is 89.0 Å². The van der Waals surface area contributed by atoms with Gasteiger partial charge in [-0.15, -0.1) is 35.7 Å². The van der Waals surface area contributed by atoms with Gasteiger partial charge in [0.1, 0.15) is 5.82 Å². The fraction of sp³-hybridized carbons (Fsp3) is 0.0833. The number of fused-ring (bicyclic) bond motifs is 3. The average molecular weight is 880 g/mol. The minimum absolute atomic E-state index is 0. The summed E-state index contributed by atoms with van der Waals surface area (Å²) in [6, 6.07) is 51.2. The van der Waals surface area contributed by atoms with Crippen LogP contribution in [-0.2, 0) is 21.1 Å². The summed E-state index contributed by atoms with van der Waals surface area (Å²) in [4.78, 5) is 4.72. The summed E-state index contributed by atoms with van der Waals surface area (Å²) in [6.07, 6.45) is 5.91. The molecule has 0 fully saturated rings. The van der Waals surface area contributed by atoms with Crippen molar-refractivity contribution in [3.63, 3.8) is 0 Å². The SMILES string of the molecule is Cc1cc(Oc2[c-]c3c(cc2)c2ccccc2n3-c2cc(C)ccn2)[c-]c(-n2cc(-c3c(-c4ccccc4)c(C)cc(C)c3-c3ccccc3)cn2)c1.[Pt+2]. The van der Waals surface area contributed by atoms with E-state index in [2.05, 4.69) is 160 Å². The van der Waals surface area contributed by atoms with Gasteiger partial charge in [-0.3, -0.25) is 4.68 Å². The predicted octanol–water partition coefficient (Wildman–Crippen LogP) is 12.0. The van der Waals surface area contributed by atoms with Crippen molar-refractivity contribution < 1.29 is 25.8 Å². The molecule has 0 amide bonds. The molecule has 0 N–H and O–H groups in total. The molecule has 0 radical (unpaired) electrons. The van der Waals surface area contributed by atoms with E-state index >= 15 is 0 Å². The van der Waals surface area contributed by atoms with Gasteiger partial charge >= 0.3 is 21.1 Å². The molecule has 0 atom stereocenters. The molecule has 3 aromatic heterocycles. The number of benzene rings is 6. The maximum Gasteiger partial charge on any atom is 2.00 e. The molecule has 6 aromatic carbocycles. The standard InChI is InChI=1S/C48H36N4O.Pt/c1-31-21-22-49-45(25-31)52-43-18-12-11-17-41(43)42-20-19-39(28-44(42)52)53-40-24-32(2)23-38(27-40)51-30-37(29-50-51)48-46(35-13-7-5-8-14-35)33(3)26-34(4)47(48)36-15-9-6-10-16-36;/h5-26,29-30H,1-4H3;/q-2;+2. The maximum absolute atomic E-state index is 6.53. The Balaban J connectivity index is 0.00000413. The van der Waals surface area contributed by atoms with Gasteiger partial charge in [0, 0.05) is 40.5 Å². The third-order valence-electron chi connectivity index (χ3n) is 9.85. The maximum atomic E-state index is 6.53. The largest absolute Gasteiger partial charge is 2.00 e. The van der Waals surface area contributed by atoms with Crippen LogP contribution in [0.25, 0.3) is 66.7 Å². The van der Waals surface area contributed by atoms with Gasteiger partial charge in [0.25, 0.3) is 0 Å². The van der Waals surface area contributed by atoms with E-state index in [4.69, 9.17) is 14.8 Å². The van der Waals surface area contributed by atoms with Gasteiger partial charge in [0.15, 0.2) is 0 Å². The molecule has 0 bridgehead atoms. The first-order valence-corrected chi connectivity index (χ1v) is 17.8. The van der Waals surface area contributed by atoms with Crippen molar-refractivity contribution >= 4 is 21.8 Å². The van der Waals surface area contributed by atoms with Crippen LogP contribution < -0.4 is 4.74 Å². The molecule has 9 rings (SSSR count). The zero-order chi connectivity index (χ0) is 36.1. The first-order valence-electron chi connectivity index (χ1n) is 17.8. The first kappa shape index (κ1) is 35.0. The fourth-order valence-electron chi connectivity index (χ4n) is 7.59. The monoisotopic (exact) mass is 879 g/mol. The molecule has 0 spiro atoms. The van der Waals surface area contributed by atoms with Gasteiger partial charge < -0.3 is 9.30 Å². The molecule has 0 aliphatic carbocycles. The van der Waals surface area contributed by atoms with Crippen molar-refractivity contribution in [1.29, 1.82) is 0 Å². The zero-order valence-corrected chi connectivity index (χ0v) is 32.6. The van der Waals surface area contributed by atoms with Crippen LogP contribution in [0.3, 0.4) is 0 Å². The second kappa shape index (κ2) is 14.4. The van der Waals surface area contributed by atoms with Gasteiger partial charge in [-0.2, -0.15) is 16.7 Å². The van der Waals surface area contributed by atoms with Crippen LogP contribution in [0.5, 0.6) is 11.5 Å². The zero-order valence-electron chi connectivity index (χ0n) is 30.4. The summed E-state index contributed by atoms with van der Waals surface area (Å²) < 4.78 is 10.6. The minimum Gasteiger partial charge on any atom is -0.509 e. The van der Waals surface area contributed by atoms with Crippen LogP contribution in [0.2, 0.25) is 0 Å². The molecule has 3 heterocycles. The van der Waals surface area contributed by atoms with Gasteiger partial charge in [-0.1, -0.05) is 97.4 Å². The fourth-order valence-corrected chi connectivity index (χ4v) is 7.59. The van der Waals surface area contributed by atoms with Crippen molar-refractivity contribution in [3.8, 4) is 56.4 Å². The number of nitrogens with zero attached hydrogens (tertiary/aromatic N) is 4. The molecular formula is C48H36N4OPt. The smallest absolute Gasteiger partial charge is 0.509 e. The number of pyridine rings is 1. The number of hydrogen-bond donors (Lipinski definition) is 0. The topological polar surface area (TPSA) is 44.9 Å². The van der Waals surface area contributed by atoms with Crippen LogP contribution in [0.1, 0.15) is 22.3 Å².